The highest BCUT2D eigenvalue weighted by Crippen LogP contribution is 2.15. The van der Waals surface area contributed by atoms with Crippen molar-refractivity contribution in [3.05, 3.63) is 57.5 Å². The fourth-order valence-corrected chi connectivity index (χ4v) is 1.78. The minimum Gasteiger partial charge on any atom is -0.491 e. The highest BCUT2D eigenvalue weighted by molar-refractivity contribution is 6.30. The third kappa shape index (κ3) is 4.08. The standard InChI is InChI=1S/C14H15ClN2O3/c1-10-2-7-14(19)17(16-10)8-12(18)9-20-13-5-3-11(15)4-6-13/h2-7,12,18H,8-9H2,1H3. The van der Waals surface area contributed by atoms with Crippen molar-refractivity contribution in [2.24, 2.45) is 0 Å². The molecule has 20 heavy (non-hydrogen) atoms. The summed E-state index contributed by atoms with van der Waals surface area (Å²) in [6.07, 6.45) is -0.822. The average molecular weight is 295 g/mol. The van der Waals surface area contributed by atoms with E-state index >= 15 is 0 Å². The second kappa shape index (κ2) is 6.54. The zero-order chi connectivity index (χ0) is 14.5. The molecule has 1 aromatic carbocycles. The van der Waals surface area contributed by atoms with Gasteiger partial charge in [0.25, 0.3) is 5.56 Å². The Morgan fingerprint density at radius 1 is 1.30 bits per heavy atom. The lowest BCUT2D eigenvalue weighted by atomic mass is 10.3. The number of rotatable bonds is 5. The van der Waals surface area contributed by atoms with Crippen LogP contribution in [0.1, 0.15) is 5.69 Å². The maximum Gasteiger partial charge on any atom is 0.266 e. The van der Waals surface area contributed by atoms with Crippen molar-refractivity contribution in [1.82, 2.24) is 9.78 Å². The molecule has 0 aliphatic heterocycles. The molecule has 5 nitrogen and oxygen atoms in total. The van der Waals surface area contributed by atoms with Crippen molar-refractivity contribution in [1.29, 1.82) is 0 Å². The molecular formula is C14H15ClN2O3. The predicted molar refractivity (Wildman–Crippen MR) is 76.2 cm³/mol. The number of benzene rings is 1. The van der Waals surface area contributed by atoms with Crippen LogP contribution < -0.4 is 10.3 Å². The predicted octanol–water partition coefficient (Wildman–Crippen LogP) is 1.65. The van der Waals surface area contributed by atoms with Crippen LogP contribution in [0.25, 0.3) is 0 Å². The first kappa shape index (κ1) is 14.6. The SMILES string of the molecule is Cc1ccc(=O)n(CC(O)COc2ccc(Cl)cc2)n1. The summed E-state index contributed by atoms with van der Waals surface area (Å²) in [7, 11) is 0. The van der Waals surface area contributed by atoms with E-state index < -0.39 is 6.10 Å². The molecule has 0 saturated carbocycles. The van der Waals surface area contributed by atoms with Crippen molar-refractivity contribution in [2.45, 2.75) is 19.6 Å². The van der Waals surface area contributed by atoms with Crippen LogP contribution in [0.2, 0.25) is 5.02 Å². The van der Waals surface area contributed by atoms with Gasteiger partial charge in [-0.2, -0.15) is 5.10 Å². The highest BCUT2D eigenvalue weighted by Gasteiger charge is 2.09. The van der Waals surface area contributed by atoms with Gasteiger partial charge in [-0.25, -0.2) is 4.68 Å². The summed E-state index contributed by atoms with van der Waals surface area (Å²) in [6, 6.07) is 9.90. The Bertz CT molecular complexity index is 625. The summed E-state index contributed by atoms with van der Waals surface area (Å²) in [5.74, 6) is 0.609. The number of aliphatic hydroxyl groups excluding tert-OH is 1. The summed E-state index contributed by atoms with van der Waals surface area (Å²) in [6.45, 7) is 1.95. The largest absolute Gasteiger partial charge is 0.491 e. The third-order valence-electron chi connectivity index (χ3n) is 2.64. The van der Waals surface area contributed by atoms with Crippen molar-refractivity contribution in [2.75, 3.05) is 6.61 Å². The van der Waals surface area contributed by atoms with E-state index in [-0.39, 0.29) is 18.7 Å². The van der Waals surface area contributed by atoms with Crippen LogP contribution in [-0.4, -0.2) is 27.6 Å². The van der Waals surface area contributed by atoms with Gasteiger partial charge in [-0.1, -0.05) is 11.6 Å². The van der Waals surface area contributed by atoms with Crippen LogP contribution in [0.4, 0.5) is 0 Å². The smallest absolute Gasteiger partial charge is 0.266 e. The van der Waals surface area contributed by atoms with Crippen molar-refractivity contribution in [3.63, 3.8) is 0 Å². The molecule has 1 atom stereocenters. The van der Waals surface area contributed by atoms with Gasteiger partial charge in [0.05, 0.1) is 12.2 Å². The van der Waals surface area contributed by atoms with E-state index in [1.807, 2.05) is 0 Å². The maximum atomic E-state index is 11.6. The Balaban J connectivity index is 1.92. The molecule has 6 heteroatoms. The number of halogens is 1. The Labute approximate surface area is 121 Å². The zero-order valence-corrected chi connectivity index (χ0v) is 11.7. The van der Waals surface area contributed by atoms with Gasteiger partial charge >= 0.3 is 0 Å². The van der Waals surface area contributed by atoms with Crippen molar-refractivity contribution in [3.8, 4) is 5.75 Å². The molecule has 106 valence electrons. The Kier molecular flexibility index (Phi) is 4.76. The number of aryl methyl sites for hydroxylation is 1. The molecule has 0 saturated heterocycles. The first-order valence-electron chi connectivity index (χ1n) is 6.16. The van der Waals surface area contributed by atoms with E-state index in [0.717, 1.165) is 5.69 Å². The number of aromatic nitrogens is 2. The monoisotopic (exact) mass is 294 g/mol. The Morgan fingerprint density at radius 2 is 2.00 bits per heavy atom. The minimum atomic E-state index is -0.822. The first-order chi connectivity index (χ1) is 9.54. The molecule has 2 aromatic rings. The van der Waals surface area contributed by atoms with Crippen LogP contribution in [-0.2, 0) is 6.54 Å². The number of aliphatic hydroxyl groups is 1. The van der Waals surface area contributed by atoms with Gasteiger partial charge in [-0.05, 0) is 37.3 Å². The van der Waals surface area contributed by atoms with Crippen molar-refractivity contribution >= 4 is 11.6 Å². The molecule has 0 aliphatic carbocycles. The summed E-state index contributed by atoms with van der Waals surface area (Å²) >= 11 is 5.76. The number of ether oxygens (including phenoxy) is 1. The minimum absolute atomic E-state index is 0.0731. The van der Waals surface area contributed by atoms with E-state index in [0.29, 0.717) is 10.8 Å². The van der Waals surface area contributed by atoms with Gasteiger partial charge in [0.15, 0.2) is 0 Å². The van der Waals surface area contributed by atoms with E-state index in [9.17, 15) is 9.90 Å². The van der Waals surface area contributed by atoms with Gasteiger partial charge in [0.1, 0.15) is 18.5 Å². The van der Waals surface area contributed by atoms with Gasteiger partial charge in [0, 0.05) is 11.1 Å². The molecule has 0 bridgehead atoms. The van der Waals surface area contributed by atoms with E-state index in [2.05, 4.69) is 5.10 Å². The molecule has 1 N–H and O–H groups in total. The first-order valence-corrected chi connectivity index (χ1v) is 6.53. The van der Waals surface area contributed by atoms with E-state index in [1.54, 1.807) is 37.3 Å². The van der Waals surface area contributed by atoms with Crippen LogP contribution in [0.15, 0.2) is 41.2 Å². The summed E-state index contributed by atoms with van der Waals surface area (Å²) in [5, 5.41) is 14.6. The number of hydrogen-bond donors (Lipinski definition) is 1. The van der Waals surface area contributed by atoms with E-state index in [4.69, 9.17) is 16.3 Å². The molecule has 1 aromatic heterocycles. The third-order valence-corrected chi connectivity index (χ3v) is 2.89. The van der Waals surface area contributed by atoms with Crippen molar-refractivity contribution < 1.29 is 9.84 Å². The molecule has 0 radical (unpaired) electrons. The Hall–Kier alpha value is -1.85. The molecule has 0 spiro atoms. The maximum absolute atomic E-state index is 11.6. The molecule has 1 unspecified atom stereocenters. The van der Waals surface area contributed by atoms with Gasteiger partial charge in [0.2, 0.25) is 0 Å². The lowest BCUT2D eigenvalue weighted by Crippen LogP contribution is -2.31. The van der Waals surface area contributed by atoms with Crippen LogP contribution >= 0.6 is 11.6 Å². The number of nitrogens with zero attached hydrogens (tertiary/aromatic N) is 2. The van der Waals surface area contributed by atoms with Gasteiger partial charge < -0.3 is 9.84 Å². The summed E-state index contributed by atoms with van der Waals surface area (Å²) in [5.41, 5.74) is 0.469. The van der Waals surface area contributed by atoms with Crippen LogP contribution in [0.3, 0.4) is 0 Å². The second-order valence-corrected chi connectivity index (χ2v) is 4.85. The summed E-state index contributed by atoms with van der Waals surface area (Å²) in [4.78, 5) is 11.6. The molecular weight excluding hydrogens is 280 g/mol. The lowest BCUT2D eigenvalue weighted by molar-refractivity contribution is 0.0878. The molecule has 2 rings (SSSR count). The zero-order valence-electron chi connectivity index (χ0n) is 11.0. The second-order valence-electron chi connectivity index (χ2n) is 4.41. The summed E-state index contributed by atoms with van der Waals surface area (Å²) < 4.78 is 6.64. The fourth-order valence-electron chi connectivity index (χ4n) is 1.66. The van der Waals surface area contributed by atoms with E-state index in [1.165, 1.54) is 10.7 Å². The highest BCUT2D eigenvalue weighted by atomic mass is 35.5. The molecule has 0 amide bonds. The normalized spacial score (nSPS) is 12.2. The van der Waals surface area contributed by atoms with Gasteiger partial charge in [-0.3, -0.25) is 4.79 Å². The Morgan fingerprint density at radius 3 is 2.70 bits per heavy atom. The van der Waals surface area contributed by atoms with Crippen LogP contribution in [0.5, 0.6) is 5.75 Å². The number of hydrogen-bond acceptors (Lipinski definition) is 4. The molecule has 1 heterocycles. The molecule has 0 aliphatic rings. The molecule has 0 fully saturated rings. The van der Waals surface area contributed by atoms with Gasteiger partial charge in [-0.15, -0.1) is 0 Å². The topological polar surface area (TPSA) is 64.4 Å². The quantitative estimate of drug-likeness (QED) is 0.910. The average Bonchev–Trinajstić information content (AvgIpc) is 2.42. The fraction of sp³-hybridized carbons (Fsp3) is 0.286. The lowest BCUT2D eigenvalue weighted by Gasteiger charge is -2.13. The van der Waals surface area contributed by atoms with Crippen LogP contribution in [0, 0.1) is 6.92 Å².